The molecule has 1 aliphatic heterocycles. The van der Waals surface area contributed by atoms with Gasteiger partial charge in [0, 0.05) is 25.3 Å². The van der Waals surface area contributed by atoms with Crippen LogP contribution in [0.5, 0.6) is 0 Å². The molecule has 0 bridgehead atoms. The van der Waals surface area contributed by atoms with Gasteiger partial charge in [0.1, 0.15) is 0 Å². The summed E-state index contributed by atoms with van der Waals surface area (Å²) in [5.41, 5.74) is 1.94. The van der Waals surface area contributed by atoms with Crippen LogP contribution >= 0.6 is 0 Å². The maximum atomic E-state index is 12.8. The van der Waals surface area contributed by atoms with E-state index in [0.29, 0.717) is 18.6 Å². The Labute approximate surface area is 157 Å². The molecule has 0 aromatic carbocycles. The van der Waals surface area contributed by atoms with Crippen LogP contribution in [0.4, 0.5) is 0 Å². The first-order chi connectivity index (χ1) is 13.0. The lowest BCUT2D eigenvalue weighted by Gasteiger charge is -2.36. The number of nitrogens with zero attached hydrogens (tertiary/aromatic N) is 5. The summed E-state index contributed by atoms with van der Waals surface area (Å²) in [4.78, 5) is 7.46. The highest BCUT2D eigenvalue weighted by Crippen LogP contribution is 2.41. The van der Waals surface area contributed by atoms with Crippen LogP contribution in [-0.2, 0) is 10.0 Å². The summed E-state index contributed by atoms with van der Waals surface area (Å²) < 4.78 is 29.3. The molecule has 3 aromatic rings. The first-order valence-electron chi connectivity index (χ1n) is 9.35. The number of H-pyrrole nitrogens is 1. The third-order valence-electron chi connectivity index (χ3n) is 6.19. The summed E-state index contributed by atoms with van der Waals surface area (Å²) in [6.45, 7) is 2.66. The second-order valence-electron chi connectivity index (χ2n) is 7.65. The fourth-order valence-electron chi connectivity index (χ4n) is 4.24. The minimum Gasteiger partial charge on any atom is -0.345 e. The molecule has 144 valence electrons. The third kappa shape index (κ3) is 2.43. The molecule has 2 N–H and O–H groups in total. The molecule has 5 rings (SSSR count). The second-order valence-corrected chi connectivity index (χ2v) is 9.89. The van der Waals surface area contributed by atoms with Gasteiger partial charge in [0.15, 0.2) is 17.1 Å². The molecule has 10 heteroatoms. The van der Waals surface area contributed by atoms with Gasteiger partial charge >= 0.3 is 0 Å². The molecule has 2 atom stereocenters. The predicted molar refractivity (Wildman–Crippen MR) is 101 cm³/mol. The molecule has 2 aliphatic rings. The zero-order valence-corrected chi connectivity index (χ0v) is 16.2. The van der Waals surface area contributed by atoms with E-state index in [4.69, 9.17) is 0 Å². The van der Waals surface area contributed by atoms with Gasteiger partial charge in [-0.2, -0.15) is 4.31 Å². The third-order valence-corrected chi connectivity index (χ3v) is 8.66. The lowest BCUT2D eigenvalue weighted by atomic mass is 9.93. The van der Waals surface area contributed by atoms with Gasteiger partial charge in [0.2, 0.25) is 10.0 Å². The van der Waals surface area contributed by atoms with Crippen molar-refractivity contribution >= 4 is 26.8 Å². The van der Waals surface area contributed by atoms with E-state index in [1.807, 2.05) is 16.7 Å². The molecule has 3 aromatic heterocycles. The average molecular weight is 389 g/mol. The van der Waals surface area contributed by atoms with E-state index in [1.54, 1.807) is 17.5 Å². The van der Waals surface area contributed by atoms with Crippen LogP contribution in [0.3, 0.4) is 0 Å². The Hall–Kier alpha value is -2.04. The predicted octanol–water partition coefficient (Wildman–Crippen LogP) is 1.21. The van der Waals surface area contributed by atoms with Gasteiger partial charge in [-0.1, -0.05) is 6.92 Å². The number of aromatic amines is 1. The van der Waals surface area contributed by atoms with Crippen LogP contribution in [-0.4, -0.2) is 61.7 Å². The number of nitrogens with one attached hydrogen (secondary N) is 2. The maximum Gasteiger partial charge on any atom is 0.217 e. The topological polar surface area (TPSA) is 108 Å². The van der Waals surface area contributed by atoms with Crippen LogP contribution in [0.2, 0.25) is 0 Å². The molecule has 0 unspecified atom stereocenters. The minimum atomic E-state index is -3.24. The molecule has 1 aliphatic carbocycles. The second kappa shape index (κ2) is 5.73. The largest absolute Gasteiger partial charge is 0.345 e. The highest BCUT2D eigenvalue weighted by atomic mass is 32.2. The highest BCUT2D eigenvalue weighted by molar-refractivity contribution is 7.90. The van der Waals surface area contributed by atoms with Crippen molar-refractivity contribution in [1.29, 1.82) is 0 Å². The lowest BCUT2D eigenvalue weighted by Crippen LogP contribution is -2.51. The lowest BCUT2D eigenvalue weighted by molar-refractivity contribution is 0.226. The van der Waals surface area contributed by atoms with Gasteiger partial charge in [0.25, 0.3) is 0 Å². The fourth-order valence-corrected chi connectivity index (χ4v) is 6.22. The smallest absolute Gasteiger partial charge is 0.217 e. The molecule has 27 heavy (non-hydrogen) atoms. The van der Waals surface area contributed by atoms with Crippen LogP contribution in [0.1, 0.15) is 44.5 Å². The van der Waals surface area contributed by atoms with Crippen molar-refractivity contribution in [2.45, 2.75) is 49.4 Å². The van der Waals surface area contributed by atoms with Crippen molar-refractivity contribution in [2.24, 2.45) is 0 Å². The van der Waals surface area contributed by atoms with E-state index in [0.717, 1.165) is 36.3 Å². The quantitative estimate of drug-likeness (QED) is 0.679. The zero-order chi connectivity index (χ0) is 18.8. The average Bonchev–Trinajstić information content (AvgIpc) is 3.09. The van der Waals surface area contributed by atoms with E-state index >= 15 is 0 Å². The van der Waals surface area contributed by atoms with E-state index in [2.05, 4.69) is 32.4 Å². The summed E-state index contributed by atoms with van der Waals surface area (Å²) in [6, 6.07) is 1.88. The number of fused-ring (bicyclic) bond motifs is 3. The Morgan fingerprint density at radius 2 is 2.19 bits per heavy atom. The van der Waals surface area contributed by atoms with E-state index in [1.165, 1.54) is 0 Å². The molecular weight excluding hydrogens is 366 g/mol. The van der Waals surface area contributed by atoms with Crippen molar-refractivity contribution in [3.63, 3.8) is 0 Å². The fraction of sp³-hybridized carbons (Fsp3) is 0.588. The number of hydrogen-bond acceptors (Lipinski definition) is 6. The van der Waals surface area contributed by atoms with Gasteiger partial charge in [-0.3, -0.25) is 4.40 Å². The van der Waals surface area contributed by atoms with Crippen molar-refractivity contribution in [1.82, 2.24) is 34.2 Å². The van der Waals surface area contributed by atoms with Crippen LogP contribution < -0.4 is 5.32 Å². The van der Waals surface area contributed by atoms with E-state index < -0.39 is 15.6 Å². The maximum absolute atomic E-state index is 12.8. The number of likely N-dealkylation sites (N-methyl/N-ethyl adjacent to an activating group) is 1. The van der Waals surface area contributed by atoms with Crippen molar-refractivity contribution in [3.05, 3.63) is 24.3 Å². The molecule has 2 fully saturated rings. The molecule has 0 radical (unpaired) electrons. The Kier molecular flexibility index (Phi) is 3.62. The zero-order valence-electron chi connectivity index (χ0n) is 15.4. The molecule has 9 nitrogen and oxygen atoms in total. The first-order valence-corrected chi connectivity index (χ1v) is 10.8. The van der Waals surface area contributed by atoms with Crippen LogP contribution in [0.15, 0.2) is 18.5 Å². The summed E-state index contributed by atoms with van der Waals surface area (Å²) >= 11 is 0. The van der Waals surface area contributed by atoms with Crippen molar-refractivity contribution in [3.8, 4) is 0 Å². The minimum absolute atomic E-state index is 0.0719. The summed E-state index contributed by atoms with van der Waals surface area (Å²) in [5.74, 6) is 0.796. The number of rotatable bonds is 5. The molecule has 0 amide bonds. The van der Waals surface area contributed by atoms with Gasteiger partial charge in [-0.25, -0.2) is 13.4 Å². The molecule has 1 saturated heterocycles. The Balaban J connectivity index is 1.53. The highest BCUT2D eigenvalue weighted by Gasteiger charge is 2.50. The van der Waals surface area contributed by atoms with Gasteiger partial charge < -0.3 is 10.3 Å². The monoisotopic (exact) mass is 389 g/mol. The number of sulfonamides is 1. The Morgan fingerprint density at radius 3 is 2.93 bits per heavy atom. The molecule has 0 spiro atoms. The molecular formula is C17H23N7O2S. The SMILES string of the molecule is CC[C@]1(N(C)S(=O)(=O)C2CC2)CN[C@@H](c2nnc3cnc4[nH]ccc4n23)C1. The summed E-state index contributed by atoms with van der Waals surface area (Å²) in [6.07, 6.45) is 6.50. The standard InChI is InChI=1S/C17H23N7O2S/c1-3-17(23(2)27(25,26)11-4-5-11)8-12(20-10-17)16-22-21-14-9-19-15-13(24(14)16)6-7-18-15/h6-7,9,11-12,18,20H,3-5,8,10H2,1-2H3/t12-,17-/m1/s1. The van der Waals surface area contributed by atoms with Gasteiger partial charge in [0.05, 0.1) is 23.0 Å². The Morgan fingerprint density at radius 1 is 1.37 bits per heavy atom. The number of hydrogen-bond donors (Lipinski definition) is 2. The normalized spacial score (nSPS) is 26.6. The molecule has 1 saturated carbocycles. The molecule has 4 heterocycles. The van der Waals surface area contributed by atoms with E-state index in [-0.39, 0.29) is 11.3 Å². The van der Waals surface area contributed by atoms with E-state index in [9.17, 15) is 8.42 Å². The summed E-state index contributed by atoms with van der Waals surface area (Å²) in [5, 5.41) is 12.0. The van der Waals surface area contributed by atoms with Gasteiger partial charge in [-0.05, 0) is 31.7 Å². The van der Waals surface area contributed by atoms with Crippen LogP contribution in [0, 0.1) is 0 Å². The number of aromatic nitrogens is 5. The summed E-state index contributed by atoms with van der Waals surface area (Å²) in [7, 11) is -1.51. The van der Waals surface area contributed by atoms with Crippen molar-refractivity contribution < 1.29 is 8.42 Å². The first kappa shape index (κ1) is 17.1. The van der Waals surface area contributed by atoms with Crippen molar-refractivity contribution in [2.75, 3.05) is 13.6 Å². The van der Waals surface area contributed by atoms with Crippen LogP contribution in [0.25, 0.3) is 16.8 Å². The Bertz CT molecular complexity index is 1120. The van der Waals surface area contributed by atoms with Gasteiger partial charge in [-0.15, -0.1) is 10.2 Å².